The highest BCUT2D eigenvalue weighted by Crippen LogP contribution is 2.24. The van der Waals surface area contributed by atoms with Crippen LogP contribution in [-0.4, -0.2) is 26.3 Å². The van der Waals surface area contributed by atoms with Gasteiger partial charge in [0.2, 0.25) is 0 Å². The molecule has 84 valence electrons. The molecule has 2 unspecified atom stereocenters. The van der Waals surface area contributed by atoms with E-state index >= 15 is 0 Å². The SMILES string of the molecule is C=CC(C)(CNCCC)CC(C)OC. The van der Waals surface area contributed by atoms with Crippen molar-refractivity contribution < 1.29 is 4.74 Å². The number of methoxy groups -OCH3 is 1. The summed E-state index contributed by atoms with van der Waals surface area (Å²) >= 11 is 0. The largest absolute Gasteiger partial charge is 0.382 e. The molecule has 0 aromatic heterocycles. The van der Waals surface area contributed by atoms with E-state index in [4.69, 9.17) is 4.74 Å². The summed E-state index contributed by atoms with van der Waals surface area (Å²) in [5, 5.41) is 3.43. The fourth-order valence-electron chi connectivity index (χ4n) is 1.52. The van der Waals surface area contributed by atoms with Gasteiger partial charge in [0.15, 0.2) is 0 Å². The third-order valence-electron chi connectivity index (χ3n) is 2.60. The maximum atomic E-state index is 5.28. The normalized spacial score (nSPS) is 17.4. The number of hydrogen-bond donors (Lipinski definition) is 1. The van der Waals surface area contributed by atoms with E-state index in [0.717, 1.165) is 19.5 Å². The smallest absolute Gasteiger partial charge is 0.0551 e. The van der Waals surface area contributed by atoms with Gasteiger partial charge in [0.1, 0.15) is 0 Å². The minimum Gasteiger partial charge on any atom is -0.382 e. The van der Waals surface area contributed by atoms with Crippen LogP contribution in [0.25, 0.3) is 0 Å². The van der Waals surface area contributed by atoms with Gasteiger partial charge in [0.25, 0.3) is 0 Å². The second-order valence-electron chi connectivity index (χ2n) is 4.29. The molecular weight excluding hydrogens is 174 g/mol. The van der Waals surface area contributed by atoms with Gasteiger partial charge in [-0.05, 0) is 26.3 Å². The Morgan fingerprint density at radius 2 is 2.21 bits per heavy atom. The molecule has 0 rings (SSSR count). The number of ether oxygens (including phenoxy) is 1. The number of hydrogen-bond acceptors (Lipinski definition) is 2. The predicted molar refractivity (Wildman–Crippen MR) is 62.6 cm³/mol. The summed E-state index contributed by atoms with van der Waals surface area (Å²) in [6.07, 6.45) is 4.52. The number of nitrogens with one attached hydrogen (secondary N) is 1. The van der Waals surface area contributed by atoms with Crippen LogP contribution in [0.3, 0.4) is 0 Å². The molecule has 2 atom stereocenters. The summed E-state index contributed by atoms with van der Waals surface area (Å²) in [5.74, 6) is 0. The summed E-state index contributed by atoms with van der Waals surface area (Å²) < 4.78 is 5.28. The van der Waals surface area contributed by atoms with Gasteiger partial charge in [-0.2, -0.15) is 0 Å². The Balaban J connectivity index is 3.97. The van der Waals surface area contributed by atoms with Crippen LogP contribution in [0.1, 0.15) is 33.6 Å². The lowest BCUT2D eigenvalue weighted by Crippen LogP contribution is -2.33. The first kappa shape index (κ1) is 13.7. The Kier molecular flexibility index (Phi) is 6.85. The van der Waals surface area contributed by atoms with Gasteiger partial charge in [-0.25, -0.2) is 0 Å². The van der Waals surface area contributed by atoms with Crippen molar-refractivity contribution in [2.75, 3.05) is 20.2 Å². The van der Waals surface area contributed by atoms with Crippen LogP contribution in [0.5, 0.6) is 0 Å². The van der Waals surface area contributed by atoms with Gasteiger partial charge in [-0.1, -0.05) is 19.9 Å². The molecule has 0 aliphatic heterocycles. The molecule has 0 heterocycles. The molecule has 0 fully saturated rings. The summed E-state index contributed by atoms with van der Waals surface area (Å²) in [7, 11) is 1.76. The second kappa shape index (κ2) is 7.02. The van der Waals surface area contributed by atoms with Crippen LogP contribution in [0.4, 0.5) is 0 Å². The average molecular weight is 199 g/mol. The zero-order valence-corrected chi connectivity index (χ0v) is 10.1. The molecule has 0 bridgehead atoms. The van der Waals surface area contributed by atoms with Crippen LogP contribution in [0.2, 0.25) is 0 Å². The molecular formula is C12H25NO. The summed E-state index contributed by atoms with van der Waals surface area (Å²) in [6, 6.07) is 0. The first-order valence-corrected chi connectivity index (χ1v) is 5.45. The highest BCUT2D eigenvalue weighted by molar-refractivity contribution is 4.94. The summed E-state index contributed by atoms with van der Waals surface area (Å²) in [6.45, 7) is 12.5. The molecule has 14 heavy (non-hydrogen) atoms. The molecule has 0 aromatic rings. The summed E-state index contributed by atoms with van der Waals surface area (Å²) in [5.41, 5.74) is 0.143. The second-order valence-corrected chi connectivity index (χ2v) is 4.29. The van der Waals surface area contributed by atoms with Gasteiger partial charge < -0.3 is 10.1 Å². The summed E-state index contributed by atoms with van der Waals surface area (Å²) in [4.78, 5) is 0. The van der Waals surface area contributed by atoms with Gasteiger partial charge in [-0.3, -0.25) is 0 Å². The van der Waals surface area contributed by atoms with E-state index in [-0.39, 0.29) is 5.41 Å². The van der Waals surface area contributed by atoms with Crippen molar-refractivity contribution in [2.24, 2.45) is 5.41 Å². The Morgan fingerprint density at radius 1 is 1.57 bits per heavy atom. The topological polar surface area (TPSA) is 21.3 Å². The first-order chi connectivity index (χ1) is 6.58. The maximum Gasteiger partial charge on any atom is 0.0551 e. The van der Waals surface area contributed by atoms with E-state index in [2.05, 4.69) is 32.7 Å². The van der Waals surface area contributed by atoms with Crippen LogP contribution < -0.4 is 5.32 Å². The molecule has 0 aliphatic carbocycles. The van der Waals surface area contributed by atoms with Gasteiger partial charge in [0.05, 0.1) is 6.10 Å². The number of rotatable bonds is 8. The predicted octanol–water partition coefficient (Wildman–Crippen LogP) is 2.60. The van der Waals surface area contributed by atoms with Crippen molar-refractivity contribution in [2.45, 2.75) is 39.7 Å². The van der Waals surface area contributed by atoms with Crippen molar-refractivity contribution in [3.63, 3.8) is 0 Å². The van der Waals surface area contributed by atoms with Crippen LogP contribution in [0.15, 0.2) is 12.7 Å². The highest BCUT2D eigenvalue weighted by atomic mass is 16.5. The van der Waals surface area contributed by atoms with Gasteiger partial charge in [-0.15, -0.1) is 6.58 Å². The third kappa shape index (κ3) is 5.40. The molecule has 0 spiro atoms. The third-order valence-corrected chi connectivity index (χ3v) is 2.60. The Labute approximate surface area is 88.7 Å². The standard InChI is InChI=1S/C12H25NO/c1-6-8-13-10-12(4,7-2)9-11(3)14-5/h7,11,13H,2,6,8-10H2,1,3-5H3. The Hall–Kier alpha value is -0.340. The fourth-order valence-corrected chi connectivity index (χ4v) is 1.52. The van der Waals surface area contributed by atoms with Crippen LogP contribution in [-0.2, 0) is 4.74 Å². The fraction of sp³-hybridized carbons (Fsp3) is 0.833. The lowest BCUT2D eigenvalue weighted by Gasteiger charge is -2.28. The van der Waals surface area contributed by atoms with Crippen molar-refractivity contribution in [3.05, 3.63) is 12.7 Å². The zero-order valence-electron chi connectivity index (χ0n) is 10.1. The monoisotopic (exact) mass is 199 g/mol. The van der Waals surface area contributed by atoms with Crippen molar-refractivity contribution >= 4 is 0 Å². The molecule has 0 saturated carbocycles. The van der Waals surface area contributed by atoms with E-state index in [1.807, 2.05) is 6.08 Å². The zero-order chi connectivity index (χ0) is 11.0. The Morgan fingerprint density at radius 3 is 2.64 bits per heavy atom. The lowest BCUT2D eigenvalue weighted by atomic mass is 9.84. The van der Waals surface area contributed by atoms with Crippen molar-refractivity contribution in [1.82, 2.24) is 5.32 Å². The molecule has 0 aliphatic rings. The minimum atomic E-state index is 0.143. The average Bonchev–Trinajstić information content (AvgIpc) is 2.18. The van der Waals surface area contributed by atoms with Crippen LogP contribution in [0, 0.1) is 5.41 Å². The first-order valence-electron chi connectivity index (χ1n) is 5.45. The minimum absolute atomic E-state index is 0.143. The molecule has 2 heteroatoms. The van der Waals surface area contributed by atoms with E-state index in [1.165, 1.54) is 6.42 Å². The maximum absolute atomic E-state index is 5.28. The molecule has 0 amide bonds. The molecule has 0 aromatic carbocycles. The van der Waals surface area contributed by atoms with Crippen LogP contribution >= 0.6 is 0 Å². The van der Waals surface area contributed by atoms with Crippen molar-refractivity contribution in [1.29, 1.82) is 0 Å². The van der Waals surface area contributed by atoms with E-state index in [1.54, 1.807) is 7.11 Å². The van der Waals surface area contributed by atoms with Crippen molar-refractivity contribution in [3.8, 4) is 0 Å². The van der Waals surface area contributed by atoms with Gasteiger partial charge in [0, 0.05) is 19.1 Å². The van der Waals surface area contributed by atoms with E-state index in [0.29, 0.717) is 6.10 Å². The highest BCUT2D eigenvalue weighted by Gasteiger charge is 2.22. The van der Waals surface area contributed by atoms with E-state index in [9.17, 15) is 0 Å². The molecule has 2 nitrogen and oxygen atoms in total. The molecule has 1 N–H and O–H groups in total. The Bertz CT molecular complexity index is 158. The molecule has 0 radical (unpaired) electrons. The van der Waals surface area contributed by atoms with E-state index < -0.39 is 0 Å². The lowest BCUT2D eigenvalue weighted by molar-refractivity contribution is 0.0829. The quantitative estimate of drug-likeness (QED) is 0.479. The molecule has 0 saturated heterocycles. The van der Waals surface area contributed by atoms with Gasteiger partial charge >= 0.3 is 0 Å².